The summed E-state index contributed by atoms with van der Waals surface area (Å²) in [6, 6.07) is 4.75. The molecule has 0 radical (unpaired) electrons. The molecule has 21 heavy (non-hydrogen) atoms. The predicted molar refractivity (Wildman–Crippen MR) is 84.4 cm³/mol. The second kappa shape index (κ2) is 7.05. The summed E-state index contributed by atoms with van der Waals surface area (Å²) in [5, 5.41) is 0.799. The van der Waals surface area contributed by atoms with Crippen LogP contribution in [0.15, 0.2) is 18.2 Å². The van der Waals surface area contributed by atoms with Gasteiger partial charge in [0.15, 0.2) is 4.84 Å². The van der Waals surface area contributed by atoms with E-state index in [1.165, 1.54) is 11.0 Å². The number of alkyl halides is 2. The third-order valence-electron chi connectivity index (χ3n) is 3.22. The lowest BCUT2D eigenvalue weighted by Crippen LogP contribution is -2.51. The summed E-state index contributed by atoms with van der Waals surface area (Å²) in [4.78, 5) is 26.2. The van der Waals surface area contributed by atoms with Gasteiger partial charge in [0.1, 0.15) is 0 Å². The number of hydrogen-bond acceptors (Lipinski definition) is 2. The van der Waals surface area contributed by atoms with Gasteiger partial charge in [-0.05, 0) is 18.2 Å². The molecule has 0 N–H and O–H groups in total. The molecule has 0 aromatic heterocycles. The molecule has 0 aliphatic carbocycles. The first-order valence-electron chi connectivity index (χ1n) is 6.21. The van der Waals surface area contributed by atoms with Crippen LogP contribution in [0.1, 0.15) is 10.4 Å². The summed E-state index contributed by atoms with van der Waals surface area (Å²) in [6.07, 6.45) is 0. The Morgan fingerprint density at radius 2 is 1.57 bits per heavy atom. The van der Waals surface area contributed by atoms with E-state index in [1.54, 1.807) is 17.0 Å². The molecule has 0 saturated carbocycles. The first kappa shape index (κ1) is 16.7. The second-order valence-corrected chi connectivity index (χ2v) is 6.48. The molecule has 0 unspecified atom stereocenters. The lowest BCUT2D eigenvalue weighted by molar-refractivity contribution is -0.130. The van der Waals surface area contributed by atoms with Crippen LogP contribution in [0.3, 0.4) is 0 Å². The van der Waals surface area contributed by atoms with Crippen molar-refractivity contribution in [2.75, 3.05) is 26.2 Å². The molecular formula is C13H12Cl4N2O2. The molecule has 0 spiro atoms. The van der Waals surface area contributed by atoms with Crippen molar-refractivity contribution < 1.29 is 9.59 Å². The van der Waals surface area contributed by atoms with Crippen molar-refractivity contribution in [3.05, 3.63) is 33.8 Å². The van der Waals surface area contributed by atoms with Crippen molar-refractivity contribution >= 4 is 58.2 Å². The van der Waals surface area contributed by atoms with Gasteiger partial charge in [0.05, 0.1) is 10.6 Å². The van der Waals surface area contributed by atoms with E-state index in [1.807, 2.05) is 0 Å². The fourth-order valence-electron chi connectivity index (χ4n) is 2.10. The third kappa shape index (κ3) is 3.95. The number of piperazine rings is 1. The normalized spacial score (nSPS) is 15.5. The summed E-state index contributed by atoms with van der Waals surface area (Å²) < 4.78 is 0. The number of halogens is 4. The number of carbonyl (C=O) groups is 2. The van der Waals surface area contributed by atoms with Crippen molar-refractivity contribution in [1.29, 1.82) is 0 Å². The largest absolute Gasteiger partial charge is 0.337 e. The summed E-state index contributed by atoms with van der Waals surface area (Å²) in [5.74, 6) is -0.547. The molecule has 8 heteroatoms. The number of carbonyl (C=O) groups excluding carboxylic acids is 2. The maximum Gasteiger partial charge on any atom is 0.255 e. The zero-order valence-corrected chi connectivity index (χ0v) is 13.9. The Bertz CT molecular complexity index is 557. The van der Waals surface area contributed by atoms with Gasteiger partial charge in [-0.15, -0.1) is 0 Å². The van der Waals surface area contributed by atoms with Gasteiger partial charge >= 0.3 is 0 Å². The van der Waals surface area contributed by atoms with Gasteiger partial charge in [-0.1, -0.05) is 46.4 Å². The highest BCUT2D eigenvalue weighted by atomic mass is 35.5. The SMILES string of the molecule is O=C(c1cc(Cl)ccc1Cl)N1CCN(C(=O)C(Cl)Cl)CC1. The number of hydrogen-bond donors (Lipinski definition) is 0. The fraction of sp³-hybridized carbons (Fsp3) is 0.385. The van der Waals surface area contributed by atoms with E-state index in [2.05, 4.69) is 0 Å². The number of nitrogens with zero attached hydrogens (tertiary/aromatic N) is 2. The molecule has 2 rings (SSSR count). The summed E-state index contributed by atoms with van der Waals surface area (Å²) in [5.41, 5.74) is 0.358. The lowest BCUT2D eigenvalue weighted by atomic mass is 10.1. The summed E-state index contributed by atoms with van der Waals surface area (Å²) in [6.45, 7) is 1.57. The Balaban J connectivity index is 2.03. The quantitative estimate of drug-likeness (QED) is 0.751. The van der Waals surface area contributed by atoms with E-state index >= 15 is 0 Å². The number of amides is 2. The minimum absolute atomic E-state index is 0.206. The number of rotatable bonds is 2. The summed E-state index contributed by atoms with van der Waals surface area (Å²) >= 11 is 23.0. The molecule has 1 aliphatic rings. The van der Waals surface area contributed by atoms with Crippen LogP contribution in [-0.2, 0) is 4.79 Å². The monoisotopic (exact) mass is 368 g/mol. The van der Waals surface area contributed by atoms with Crippen LogP contribution in [0, 0.1) is 0 Å². The zero-order chi connectivity index (χ0) is 15.6. The van der Waals surface area contributed by atoms with E-state index in [-0.39, 0.29) is 11.8 Å². The first-order chi connectivity index (χ1) is 9.90. The fourth-order valence-corrected chi connectivity index (χ4v) is 2.75. The Hall–Kier alpha value is -0.680. The van der Waals surface area contributed by atoms with E-state index in [4.69, 9.17) is 46.4 Å². The molecule has 1 aliphatic heterocycles. The van der Waals surface area contributed by atoms with Gasteiger partial charge in [0, 0.05) is 31.2 Å². The van der Waals surface area contributed by atoms with Crippen LogP contribution in [-0.4, -0.2) is 52.6 Å². The van der Waals surface area contributed by atoms with Crippen LogP contribution in [0.4, 0.5) is 0 Å². The van der Waals surface area contributed by atoms with Crippen molar-refractivity contribution in [2.24, 2.45) is 0 Å². The number of benzene rings is 1. The highest BCUT2D eigenvalue weighted by Crippen LogP contribution is 2.23. The van der Waals surface area contributed by atoms with Crippen LogP contribution >= 0.6 is 46.4 Å². The van der Waals surface area contributed by atoms with E-state index in [0.717, 1.165) is 0 Å². The second-order valence-electron chi connectivity index (χ2n) is 4.54. The lowest BCUT2D eigenvalue weighted by Gasteiger charge is -2.35. The van der Waals surface area contributed by atoms with Gasteiger partial charge in [-0.2, -0.15) is 0 Å². The minimum Gasteiger partial charge on any atom is -0.337 e. The Labute approximate surface area is 142 Å². The van der Waals surface area contributed by atoms with Crippen molar-refractivity contribution in [2.45, 2.75) is 4.84 Å². The van der Waals surface area contributed by atoms with Crippen LogP contribution in [0.5, 0.6) is 0 Å². The molecule has 1 saturated heterocycles. The van der Waals surface area contributed by atoms with E-state index < -0.39 is 4.84 Å². The molecule has 1 fully saturated rings. The Kier molecular flexibility index (Phi) is 5.60. The van der Waals surface area contributed by atoms with E-state index in [0.29, 0.717) is 41.8 Å². The standard InChI is InChI=1S/C13H12Cl4N2O2/c14-8-1-2-10(15)9(7-8)12(20)18-3-5-19(6-4-18)13(21)11(16)17/h1-2,7,11H,3-6H2. The first-order valence-corrected chi connectivity index (χ1v) is 7.84. The highest BCUT2D eigenvalue weighted by molar-refractivity contribution is 6.53. The van der Waals surface area contributed by atoms with Crippen LogP contribution < -0.4 is 0 Å². The highest BCUT2D eigenvalue weighted by Gasteiger charge is 2.28. The third-order valence-corrected chi connectivity index (χ3v) is 4.16. The van der Waals surface area contributed by atoms with Gasteiger partial charge < -0.3 is 9.80 Å². The van der Waals surface area contributed by atoms with Crippen LogP contribution in [0.25, 0.3) is 0 Å². The predicted octanol–water partition coefficient (Wildman–Crippen LogP) is 3.08. The van der Waals surface area contributed by atoms with Gasteiger partial charge in [0.2, 0.25) is 0 Å². The minimum atomic E-state index is -1.07. The topological polar surface area (TPSA) is 40.6 Å². The maximum absolute atomic E-state index is 12.4. The molecule has 1 aromatic rings. The zero-order valence-electron chi connectivity index (χ0n) is 10.9. The molecular weight excluding hydrogens is 358 g/mol. The molecule has 1 aromatic carbocycles. The van der Waals surface area contributed by atoms with E-state index in [9.17, 15) is 9.59 Å². The molecule has 4 nitrogen and oxygen atoms in total. The smallest absolute Gasteiger partial charge is 0.255 e. The molecule has 1 heterocycles. The van der Waals surface area contributed by atoms with Crippen molar-refractivity contribution in [3.63, 3.8) is 0 Å². The van der Waals surface area contributed by atoms with Gasteiger partial charge in [-0.3, -0.25) is 9.59 Å². The van der Waals surface area contributed by atoms with Gasteiger partial charge in [0.25, 0.3) is 11.8 Å². The Morgan fingerprint density at radius 3 is 2.14 bits per heavy atom. The molecule has 2 amide bonds. The molecule has 114 valence electrons. The molecule has 0 atom stereocenters. The molecule has 0 bridgehead atoms. The van der Waals surface area contributed by atoms with Crippen molar-refractivity contribution in [3.8, 4) is 0 Å². The maximum atomic E-state index is 12.4. The average molecular weight is 370 g/mol. The van der Waals surface area contributed by atoms with Gasteiger partial charge in [-0.25, -0.2) is 0 Å². The summed E-state index contributed by atoms with van der Waals surface area (Å²) in [7, 11) is 0. The van der Waals surface area contributed by atoms with Crippen molar-refractivity contribution in [1.82, 2.24) is 9.80 Å². The average Bonchev–Trinajstić information content (AvgIpc) is 2.48. The Morgan fingerprint density at radius 1 is 1.00 bits per heavy atom. The van der Waals surface area contributed by atoms with Crippen LogP contribution in [0.2, 0.25) is 10.0 Å².